The fourth-order valence-electron chi connectivity index (χ4n) is 4.90. The van der Waals surface area contributed by atoms with Gasteiger partial charge in [0, 0.05) is 24.6 Å². The largest absolute Gasteiger partial charge is 0.376 e. The van der Waals surface area contributed by atoms with Crippen molar-refractivity contribution < 1.29 is 9.53 Å². The molecule has 3 heterocycles. The predicted octanol–water partition coefficient (Wildman–Crippen LogP) is 4.26. The minimum Gasteiger partial charge on any atom is -0.376 e. The molecule has 1 atom stereocenters. The number of aryl methyl sites for hydroxylation is 2. The van der Waals surface area contributed by atoms with Crippen LogP contribution >= 0.6 is 23.1 Å². The standard InChI is InChI=1S/C24H33N3O3S2/c1-2-11-26(13-16-9-10-16)20(28)15-31-24-25-22-21(18-7-3-4-8-19(18)32-22)23(29)27(24)14-17-6-5-12-30-17/h16-17H,2-15H2,1H3. The second-order valence-electron chi connectivity index (χ2n) is 9.41. The van der Waals surface area contributed by atoms with Gasteiger partial charge < -0.3 is 9.64 Å². The van der Waals surface area contributed by atoms with Crippen molar-refractivity contribution in [3.05, 3.63) is 20.8 Å². The lowest BCUT2D eigenvalue weighted by atomic mass is 9.97. The van der Waals surface area contributed by atoms with Crippen LogP contribution in [-0.2, 0) is 28.9 Å². The summed E-state index contributed by atoms with van der Waals surface area (Å²) in [5.41, 5.74) is 1.28. The van der Waals surface area contributed by atoms with Crippen molar-refractivity contribution in [1.82, 2.24) is 14.5 Å². The average Bonchev–Trinajstić information content (AvgIpc) is 3.31. The van der Waals surface area contributed by atoms with Gasteiger partial charge in [0.05, 0.1) is 23.8 Å². The first-order valence-electron chi connectivity index (χ1n) is 12.2. The minimum atomic E-state index is 0.0583. The molecule has 0 N–H and O–H groups in total. The van der Waals surface area contributed by atoms with Crippen LogP contribution in [0.5, 0.6) is 0 Å². The molecular formula is C24H33N3O3S2. The smallest absolute Gasteiger partial charge is 0.263 e. The Morgan fingerprint density at radius 3 is 2.84 bits per heavy atom. The van der Waals surface area contributed by atoms with Crippen molar-refractivity contribution >= 4 is 39.2 Å². The van der Waals surface area contributed by atoms with Gasteiger partial charge in [0.2, 0.25) is 5.91 Å². The van der Waals surface area contributed by atoms with E-state index in [1.807, 2.05) is 9.47 Å². The second-order valence-corrected chi connectivity index (χ2v) is 11.4. The molecule has 1 unspecified atom stereocenters. The summed E-state index contributed by atoms with van der Waals surface area (Å²) in [5.74, 6) is 1.17. The highest BCUT2D eigenvalue weighted by Crippen LogP contribution is 2.35. The molecular weight excluding hydrogens is 442 g/mol. The molecule has 5 rings (SSSR count). The van der Waals surface area contributed by atoms with E-state index in [1.54, 1.807) is 11.3 Å². The molecule has 2 aromatic heterocycles. The maximum Gasteiger partial charge on any atom is 0.263 e. The first kappa shape index (κ1) is 22.4. The highest BCUT2D eigenvalue weighted by molar-refractivity contribution is 7.99. The third kappa shape index (κ3) is 4.77. The Labute approximate surface area is 197 Å². The van der Waals surface area contributed by atoms with E-state index in [-0.39, 0.29) is 17.6 Å². The SMILES string of the molecule is CCCN(CC1CC1)C(=O)CSc1nc2sc3c(c2c(=O)n1CC1CCCO1)CCCC3. The third-order valence-electron chi connectivity index (χ3n) is 6.80. The summed E-state index contributed by atoms with van der Waals surface area (Å²) in [7, 11) is 0. The Hall–Kier alpha value is -1.38. The van der Waals surface area contributed by atoms with E-state index in [9.17, 15) is 9.59 Å². The fraction of sp³-hybridized carbons (Fsp3) is 0.708. The Bertz CT molecular complexity index is 1040. The Kier molecular flexibility index (Phi) is 6.90. The molecule has 2 aromatic rings. The molecule has 2 aliphatic carbocycles. The summed E-state index contributed by atoms with van der Waals surface area (Å²) in [4.78, 5) is 35.8. The Morgan fingerprint density at radius 1 is 1.25 bits per heavy atom. The van der Waals surface area contributed by atoms with Crippen molar-refractivity contribution in [3.63, 3.8) is 0 Å². The lowest BCUT2D eigenvalue weighted by Gasteiger charge is -2.22. The normalized spacial score (nSPS) is 20.6. The molecule has 0 bridgehead atoms. The van der Waals surface area contributed by atoms with Crippen LogP contribution in [0.3, 0.4) is 0 Å². The number of hydrogen-bond donors (Lipinski definition) is 0. The molecule has 0 spiro atoms. The molecule has 6 nitrogen and oxygen atoms in total. The van der Waals surface area contributed by atoms with Crippen molar-refractivity contribution in [3.8, 4) is 0 Å². The summed E-state index contributed by atoms with van der Waals surface area (Å²) in [6.07, 6.45) is 9.88. The van der Waals surface area contributed by atoms with E-state index in [0.717, 1.165) is 68.4 Å². The third-order valence-corrected chi connectivity index (χ3v) is 8.94. The van der Waals surface area contributed by atoms with E-state index < -0.39 is 0 Å². The number of amides is 1. The number of rotatable bonds is 9. The Morgan fingerprint density at radius 2 is 2.09 bits per heavy atom. The van der Waals surface area contributed by atoms with Crippen LogP contribution in [0.4, 0.5) is 0 Å². The first-order chi connectivity index (χ1) is 15.6. The lowest BCUT2D eigenvalue weighted by Crippen LogP contribution is -2.35. The molecule has 1 saturated heterocycles. The van der Waals surface area contributed by atoms with E-state index in [2.05, 4.69) is 6.92 Å². The van der Waals surface area contributed by atoms with Crippen molar-refractivity contribution in [2.45, 2.75) is 82.5 Å². The number of carbonyl (C=O) groups excluding carboxylic acids is 1. The first-order valence-corrected chi connectivity index (χ1v) is 14.0. The number of thioether (sulfide) groups is 1. The van der Waals surface area contributed by atoms with Crippen LogP contribution in [0.2, 0.25) is 0 Å². The topological polar surface area (TPSA) is 64.4 Å². The fourth-order valence-corrected chi connectivity index (χ4v) is 7.11. The average molecular weight is 476 g/mol. The number of aromatic nitrogens is 2. The molecule has 1 aliphatic heterocycles. The molecule has 1 amide bonds. The highest BCUT2D eigenvalue weighted by Gasteiger charge is 2.28. The van der Waals surface area contributed by atoms with Crippen LogP contribution < -0.4 is 5.56 Å². The molecule has 1 saturated carbocycles. The van der Waals surface area contributed by atoms with E-state index in [1.165, 1.54) is 41.5 Å². The molecule has 8 heteroatoms. The lowest BCUT2D eigenvalue weighted by molar-refractivity contribution is -0.128. The monoisotopic (exact) mass is 475 g/mol. The van der Waals surface area contributed by atoms with Crippen molar-refractivity contribution in [1.29, 1.82) is 0 Å². The van der Waals surface area contributed by atoms with Crippen molar-refractivity contribution in [2.75, 3.05) is 25.4 Å². The maximum atomic E-state index is 13.7. The maximum absolute atomic E-state index is 13.7. The van der Waals surface area contributed by atoms with Gasteiger partial charge >= 0.3 is 0 Å². The molecule has 0 radical (unpaired) electrons. The molecule has 3 aliphatic rings. The van der Waals surface area contributed by atoms with Crippen LogP contribution in [0.25, 0.3) is 10.2 Å². The quantitative estimate of drug-likeness (QED) is 0.401. The summed E-state index contributed by atoms with van der Waals surface area (Å²) in [6.45, 7) is 5.09. The van der Waals surface area contributed by atoms with Crippen molar-refractivity contribution in [2.24, 2.45) is 5.92 Å². The van der Waals surface area contributed by atoms with Gasteiger partial charge in [-0.15, -0.1) is 11.3 Å². The number of hydrogen-bond acceptors (Lipinski definition) is 6. The highest BCUT2D eigenvalue weighted by atomic mass is 32.2. The zero-order valence-corrected chi connectivity index (χ0v) is 20.6. The number of ether oxygens (including phenoxy) is 1. The summed E-state index contributed by atoms with van der Waals surface area (Å²) in [6, 6.07) is 0. The number of nitrogens with zero attached hydrogens (tertiary/aromatic N) is 3. The zero-order chi connectivity index (χ0) is 22.1. The summed E-state index contributed by atoms with van der Waals surface area (Å²) >= 11 is 3.11. The number of carbonyl (C=O) groups is 1. The van der Waals surface area contributed by atoms with Gasteiger partial charge in [0.15, 0.2) is 5.16 Å². The van der Waals surface area contributed by atoms with E-state index in [0.29, 0.717) is 23.4 Å². The number of thiophene rings is 1. The molecule has 2 fully saturated rings. The second kappa shape index (κ2) is 9.85. The predicted molar refractivity (Wildman–Crippen MR) is 130 cm³/mol. The summed E-state index contributed by atoms with van der Waals surface area (Å²) in [5, 5.41) is 1.49. The van der Waals surface area contributed by atoms with Gasteiger partial charge in [-0.1, -0.05) is 18.7 Å². The van der Waals surface area contributed by atoms with Crippen LogP contribution in [0.1, 0.15) is 62.3 Å². The van der Waals surface area contributed by atoms with Gasteiger partial charge in [0.1, 0.15) is 4.83 Å². The van der Waals surface area contributed by atoms with E-state index in [4.69, 9.17) is 9.72 Å². The van der Waals surface area contributed by atoms with E-state index >= 15 is 0 Å². The Balaban J connectivity index is 1.43. The van der Waals surface area contributed by atoms with Crippen LogP contribution in [0.15, 0.2) is 9.95 Å². The molecule has 32 heavy (non-hydrogen) atoms. The van der Waals surface area contributed by atoms with Crippen LogP contribution in [-0.4, -0.2) is 51.9 Å². The molecule has 0 aromatic carbocycles. The molecule has 174 valence electrons. The summed E-state index contributed by atoms with van der Waals surface area (Å²) < 4.78 is 7.66. The van der Waals surface area contributed by atoms with Crippen LogP contribution in [0, 0.1) is 5.92 Å². The van der Waals surface area contributed by atoms with Gasteiger partial charge in [-0.2, -0.15) is 0 Å². The van der Waals surface area contributed by atoms with Gasteiger partial charge in [0.25, 0.3) is 5.56 Å². The zero-order valence-electron chi connectivity index (χ0n) is 18.9. The van der Waals surface area contributed by atoms with Gasteiger partial charge in [-0.05, 0) is 69.3 Å². The minimum absolute atomic E-state index is 0.0583. The van der Waals surface area contributed by atoms with Gasteiger partial charge in [-0.3, -0.25) is 14.2 Å². The van der Waals surface area contributed by atoms with Gasteiger partial charge in [-0.25, -0.2) is 4.98 Å². The number of fused-ring (bicyclic) bond motifs is 3.